The van der Waals surface area contributed by atoms with Crippen LogP contribution in [0, 0.1) is 13.8 Å². The first-order valence-corrected chi connectivity index (χ1v) is 9.14. The Morgan fingerprint density at radius 3 is 2.74 bits per heavy atom. The lowest BCUT2D eigenvalue weighted by Crippen LogP contribution is -2.07. The first kappa shape index (κ1) is 16.0. The van der Waals surface area contributed by atoms with Crippen molar-refractivity contribution >= 4 is 28.9 Å². The summed E-state index contributed by atoms with van der Waals surface area (Å²) in [6.45, 7) is 4.85. The molecule has 118 valence electrons. The Morgan fingerprint density at radius 1 is 1.26 bits per heavy atom. The normalized spacial score (nSPS) is 10.9. The fourth-order valence-corrected chi connectivity index (χ4v) is 3.90. The molecular formula is C17H17N3OS2. The number of benzene rings is 1. The third-order valence-corrected chi connectivity index (χ3v) is 5.58. The van der Waals surface area contributed by atoms with E-state index in [2.05, 4.69) is 26.9 Å². The number of nitrogens with zero attached hydrogens (tertiary/aromatic N) is 3. The van der Waals surface area contributed by atoms with Crippen molar-refractivity contribution in [1.82, 2.24) is 14.8 Å². The van der Waals surface area contributed by atoms with Crippen molar-refractivity contribution in [2.24, 2.45) is 0 Å². The maximum atomic E-state index is 12.5. The van der Waals surface area contributed by atoms with Gasteiger partial charge in [-0.05, 0) is 25.5 Å². The largest absolute Gasteiger partial charge is 0.344 e. The van der Waals surface area contributed by atoms with Crippen LogP contribution in [-0.2, 0) is 6.54 Å². The average molecular weight is 343 g/mol. The van der Waals surface area contributed by atoms with Crippen LogP contribution in [0.2, 0.25) is 0 Å². The lowest BCUT2D eigenvalue weighted by Gasteiger charge is -2.09. The highest BCUT2D eigenvalue weighted by molar-refractivity contribution is 8.01. The summed E-state index contributed by atoms with van der Waals surface area (Å²) in [6.07, 6.45) is 0. The summed E-state index contributed by atoms with van der Waals surface area (Å²) in [6, 6.07) is 12.3. The summed E-state index contributed by atoms with van der Waals surface area (Å²) >= 11 is 2.90. The number of carbonyl (C=O) groups excluding carboxylic acids is 1. The second-order valence-electron chi connectivity index (χ2n) is 5.27. The highest BCUT2D eigenvalue weighted by Gasteiger charge is 2.16. The van der Waals surface area contributed by atoms with Gasteiger partial charge in [-0.3, -0.25) is 4.79 Å². The Balaban J connectivity index is 1.75. The average Bonchev–Trinajstić information content (AvgIpc) is 3.17. The van der Waals surface area contributed by atoms with Crippen molar-refractivity contribution in [2.45, 2.75) is 24.7 Å². The van der Waals surface area contributed by atoms with E-state index < -0.39 is 0 Å². The van der Waals surface area contributed by atoms with Gasteiger partial charge in [-0.1, -0.05) is 53.4 Å². The fourth-order valence-electron chi connectivity index (χ4n) is 2.52. The topological polar surface area (TPSA) is 47.8 Å². The van der Waals surface area contributed by atoms with Crippen LogP contribution in [0.1, 0.15) is 27.3 Å². The van der Waals surface area contributed by atoms with E-state index >= 15 is 0 Å². The number of aromatic nitrogens is 3. The molecule has 0 atom stereocenters. The molecule has 0 saturated carbocycles. The van der Waals surface area contributed by atoms with Crippen LogP contribution in [0.4, 0.5) is 0 Å². The molecule has 0 spiro atoms. The molecule has 0 saturated heterocycles. The van der Waals surface area contributed by atoms with Gasteiger partial charge in [0.15, 0.2) is 10.1 Å². The summed E-state index contributed by atoms with van der Waals surface area (Å²) in [7, 11) is 0. The molecule has 0 bridgehead atoms. The van der Waals surface area contributed by atoms with Crippen LogP contribution in [0.15, 0.2) is 46.2 Å². The van der Waals surface area contributed by atoms with Crippen molar-refractivity contribution in [3.05, 3.63) is 64.4 Å². The number of thioether (sulfide) groups is 1. The van der Waals surface area contributed by atoms with Crippen molar-refractivity contribution < 1.29 is 4.79 Å². The number of aryl methyl sites for hydroxylation is 1. The first-order valence-electron chi connectivity index (χ1n) is 7.28. The predicted molar refractivity (Wildman–Crippen MR) is 94.4 cm³/mol. The van der Waals surface area contributed by atoms with Gasteiger partial charge in [-0.2, -0.15) is 0 Å². The molecule has 0 N–H and O–H groups in total. The van der Waals surface area contributed by atoms with E-state index in [-0.39, 0.29) is 5.78 Å². The van der Waals surface area contributed by atoms with Crippen molar-refractivity contribution in [2.75, 3.05) is 5.75 Å². The zero-order chi connectivity index (χ0) is 16.2. The van der Waals surface area contributed by atoms with Gasteiger partial charge in [-0.25, -0.2) is 0 Å². The maximum Gasteiger partial charge on any atom is 0.174 e. The molecule has 0 aliphatic rings. The summed E-state index contributed by atoms with van der Waals surface area (Å²) in [5.41, 5.74) is 5.84. The highest BCUT2D eigenvalue weighted by atomic mass is 32.2. The summed E-state index contributed by atoms with van der Waals surface area (Å²) in [5.74, 6) is 0.530. The highest BCUT2D eigenvalue weighted by Crippen LogP contribution is 2.23. The SMILES string of the molecule is Cc1cc(C(=O)CSc2nncs2)c(C)n1Cc1ccccc1. The van der Waals surface area contributed by atoms with Crippen molar-refractivity contribution in [3.63, 3.8) is 0 Å². The number of hydrogen-bond acceptors (Lipinski definition) is 5. The Labute approximate surface area is 143 Å². The van der Waals surface area contributed by atoms with Gasteiger partial charge in [0.1, 0.15) is 5.51 Å². The summed E-state index contributed by atoms with van der Waals surface area (Å²) in [4.78, 5) is 12.5. The zero-order valence-corrected chi connectivity index (χ0v) is 14.7. The van der Waals surface area contributed by atoms with E-state index in [1.807, 2.05) is 38.1 Å². The van der Waals surface area contributed by atoms with Gasteiger partial charge in [0.25, 0.3) is 0 Å². The monoisotopic (exact) mass is 343 g/mol. The van der Waals surface area contributed by atoms with Crippen LogP contribution in [0.3, 0.4) is 0 Å². The molecule has 23 heavy (non-hydrogen) atoms. The molecule has 0 radical (unpaired) electrons. The molecule has 2 aromatic heterocycles. The van der Waals surface area contributed by atoms with Crippen LogP contribution >= 0.6 is 23.1 Å². The van der Waals surface area contributed by atoms with E-state index in [1.54, 1.807) is 5.51 Å². The van der Waals surface area contributed by atoms with E-state index in [0.29, 0.717) is 5.75 Å². The number of hydrogen-bond donors (Lipinski definition) is 0. The molecule has 6 heteroatoms. The lowest BCUT2D eigenvalue weighted by molar-refractivity contribution is 0.102. The van der Waals surface area contributed by atoms with Gasteiger partial charge in [0.2, 0.25) is 0 Å². The van der Waals surface area contributed by atoms with Crippen LogP contribution in [-0.4, -0.2) is 26.3 Å². The minimum absolute atomic E-state index is 0.137. The van der Waals surface area contributed by atoms with Crippen LogP contribution < -0.4 is 0 Å². The quantitative estimate of drug-likeness (QED) is 0.502. The Morgan fingerprint density at radius 2 is 2.04 bits per heavy atom. The second-order valence-corrected chi connectivity index (χ2v) is 7.33. The zero-order valence-electron chi connectivity index (χ0n) is 13.0. The molecule has 0 fully saturated rings. The number of ketones is 1. The maximum absolute atomic E-state index is 12.5. The molecular weight excluding hydrogens is 326 g/mol. The van der Waals surface area contributed by atoms with E-state index in [1.165, 1.54) is 28.7 Å². The molecule has 4 nitrogen and oxygen atoms in total. The smallest absolute Gasteiger partial charge is 0.174 e. The van der Waals surface area contributed by atoms with Gasteiger partial charge in [0.05, 0.1) is 5.75 Å². The Hall–Kier alpha value is -1.92. The molecule has 2 heterocycles. The van der Waals surface area contributed by atoms with Crippen molar-refractivity contribution in [3.8, 4) is 0 Å². The first-order chi connectivity index (χ1) is 11.1. The fraction of sp³-hybridized carbons (Fsp3) is 0.235. The molecule has 3 rings (SSSR count). The molecule has 0 amide bonds. The molecule has 0 aliphatic carbocycles. The molecule has 0 unspecified atom stereocenters. The van der Waals surface area contributed by atoms with Gasteiger partial charge >= 0.3 is 0 Å². The van der Waals surface area contributed by atoms with E-state index in [4.69, 9.17) is 0 Å². The Bertz CT molecular complexity index is 795. The van der Waals surface area contributed by atoms with E-state index in [0.717, 1.165) is 27.8 Å². The standard InChI is InChI=1S/C17H17N3OS2/c1-12-8-15(16(21)10-22-17-19-18-11-23-17)13(2)20(12)9-14-6-4-3-5-7-14/h3-8,11H,9-10H2,1-2H3. The number of carbonyl (C=O) groups is 1. The molecule has 3 aromatic rings. The number of rotatable bonds is 6. The third-order valence-electron chi connectivity index (χ3n) is 3.72. The van der Waals surface area contributed by atoms with Crippen LogP contribution in [0.25, 0.3) is 0 Å². The van der Waals surface area contributed by atoms with Gasteiger partial charge in [0, 0.05) is 23.5 Å². The van der Waals surface area contributed by atoms with E-state index in [9.17, 15) is 4.79 Å². The summed E-state index contributed by atoms with van der Waals surface area (Å²) in [5, 5.41) is 7.74. The van der Waals surface area contributed by atoms with Gasteiger partial charge in [-0.15, -0.1) is 10.2 Å². The molecule has 1 aromatic carbocycles. The minimum atomic E-state index is 0.137. The number of Topliss-reactive ketones (excluding diaryl/α,β-unsaturated/α-hetero) is 1. The van der Waals surface area contributed by atoms with Crippen molar-refractivity contribution in [1.29, 1.82) is 0 Å². The lowest BCUT2D eigenvalue weighted by atomic mass is 10.2. The Kier molecular flexibility index (Phi) is 4.93. The minimum Gasteiger partial charge on any atom is -0.344 e. The third kappa shape index (κ3) is 3.71. The second kappa shape index (κ2) is 7.10. The summed E-state index contributed by atoms with van der Waals surface area (Å²) < 4.78 is 3.02. The van der Waals surface area contributed by atoms with Crippen LogP contribution in [0.5, 0.6) is 0 Å². The van der Waals surface area contributed by atoms with Gasteiger partial charge < -0.3 is 4.57 Å². The predicted octanol–water partition coefficient (Wildman–Crippen LogP) is 3.98. The molecule has 0 aliphatic heterocycles.